The Morgan fingerprint density at radius 1 is 0.690 bits per heavy atom. The van der Waals surface area contributed by atoms with Crippen LogP contribution in [0.15, 0.2) is 78.9 Å². The molecule has 0 bridgehead atoms. The summed E-state index contributed by atoms with van der Waals surface area (Å²) < 4.78 is 0. The largest absolute Gasteiger partial charge is 0.325 e. The van der Waals surface area contributed by atoms with Crippen LogP contribution < -0.4 is 16.0 Å². The van der Waals surface area contributed by atoms with Crippen molar-refractivity contribution in [1.29, 1.82) is 0 Å². The first-order valence-corrected chi connectivity index (χ1v) is 9.81. The first-order chi connectivity index (χ1) is 14.2. The summed E-state index contributed by atoms with van der Waals surface area (Å²) in [5.41, 5.74) is 2.03. The van der Waals surface area contributed by atoms with Gasteiger partial charge in [0, 0.05) is 29.4 Å². The van der Waals surface area contributed by atoms with E-state index >= 15 is 0 Å². The van der Waals surface area contributed by atoms with E-state index in [1.165, 1.54) is 0 Å². The van der Waals surface area contributed by atoms with E-state index in [9.17, 15) is 9.59 Å². The molecule has 3 aliphatic rings. The number of amides is 2. The molecular formula is C24H19N3O2. The van der Waals surface area contributed by atoms with Crippen molar-refractivity contribution in [3.8, 4) is 0 Å². The number of hydrogen-bond acceptors (Lipinski definition) is 3. The third-order valence-electron chi connectivity index (χ3n) is 6.77. The summed E-state index contributed by atoms with van der Waals surface area (Å²) in [7, 11) is 0. The van der Waals surface area contributed by atoms with Crippen LogP contribution in [0, 0.1) is 0 Å². The van der Waals surface area contributed by atoms with Crippen molar-refractivity contribution in [2.24, 2.45) is 0 Å². The molecule has 3 aliphatic heterocycles. The molecule has 0 saturated carbocycles. The molecule has 3 aromatic carbocycles. The SMILES string of the molecule is O=C1Nc2ccccc2[C@]12NC[C@H](c1ccccc1)[C@@]21C(=O)Nc2ccccc21. The van der Waals surface area contributed by atoms with Crippen LogP contribution in [0.5, 0.6) is 0 Å². The Labute approximate surface area is 168 Å². The van der Waals surface area contributed by atoms with Gasteiger partial charge in [0.05, 0.1) is 0 Å². The van der Waals surface area contributed by atoms with Crippen molar-refractivity contribution in [2.45, 2.75) is 16.9 Å². The maximum absolute atomic E-state index is 13.8. The maximum atomic E-state index is 13.8. The van der Waals surface area contributed by atoms with Gasteiger partial charge >= 0.3 is 0 Å². The van der Waals surface area contributed by atoms with E-state index in [0.717, 1.165) is 28.1 Å². The second kappa shape index (κ2) is 5.55. The predicted molar refractivity (Wildman–Crippen MR) is 111 cm³/mol. The van der Waals surface area contributed by atoms with Crippen LogP contribution in [0.25, 0.3) is 0 Å². The van der Waals surface area contributed by atoms with Crippen molar-refractivity contribution in [2.75, 3.05) is 17.2 Å². The van der Waals surface area contributed by atoms with Crippen molar-refractivity contribution in [3.63, 3.8) is 0 Å². The third-order valence-corrected chi connectivity index (χ3v) is 6.77. The number of carbonyl (C=O) groups excluding carboxylic acids is 2. The van der Waals surface area contributed by atoms with Crippen LogP contribution in [0.2, 0.25) is 0 Å². The number of fused-ring (bicyclic) bond motifs is 5. The Bertz CT molecular complexity index is 1180. The lowest BCUT2D eigenvalue weighted by Gasteiger charge is -2.40. The quantitative estimate of drug-likeness (QED) is 0.607. The molecule has 2 amide bonds. The summed E-state index contributed by atoms with van der Waals surface area (Å²) in [5, 5.41) is 9.61. The van der Waals surface area contributed by atoms with Crippen molar-refractivity contribution in [3.05, 3.63) is 95.6 Å². The minimum absolute atomic E-state index is 0.135. The molecule has 2 spiro atoms. The minimum atomic E-state index is -1.17. The van der Waals surface area contributed by atoms with Crippen molar-refractivity contribution in [1.82, 2.24) is 5.32 Å². The molecule has 5 nitrogen and oxygen atoms in total. The molecule has 3 N–H and O–H groups in total. The highest BCUT2D eigenvalue weighted by Gasteiger charge is 2.74. The highest BCUT2D eigenvalue weighted by Crippen LogP contribution is 2.62. The molecular weight excluding hydrogens is 362 g/mol. The molecule has 142 valence electrons. The topological polar surface area (TPSA) is 70.2 Å². The van der Waals surface area contributed by atoms with Crippen LogP contribution >= 0.6 is 0 Å². The number of benzene rings is 3. The number of carbonyl (C=O) groups is 2. The molecule has 3 atom stereocenters. The van der Waals surface area contributed by atoms with Gasteiger partial charge in [0.15, 0.2) is 0 Å². The zero-order valence-corrected chi connectivity index (χ0v) is 15.6. The Kier molecular flexibility index (Phi) is 3.16. The van der Waals surface area contributed by atoms with Gasteiger partial charge in [-0.05, 0) is 23.3 Å². The Morgan fingerprint density at radius 3 is 2.03 bits per heavy atom. The lowest BCUT2D eigenvalue weighted by molar-refractivity contribution is -0.132. The van der Waals surface area contributed by atoms with Crippen LogP contribution in [0.3, 0.4) is 0 Å². The molecule has 6 rings (SSSR count). The summed E-state index contributed by atoms with van der Waals surface area (Å²) in [6, 6.07) is 25.4. The standard InChI is InChI=1S/C24H19N3O2/c28-21-23(16-10-4-6-12-19(16)26-21)18(15-8-2-1-3-9-15)14-25-24(23)17-11-5-7-13-20(17)27-22(24)29/h1-13,18,25H,14H2,(H,26,28)(H,27,29)/t18-,23+,24+/m1/s1. The Balaban J connectivity index is 1.72. The second-order valence-corrected chi connectivity index (χ2v) is 7.90. The fourth-order valence-electron chi connectivity index (χ4n) is 5.68. The predicted octanol–water partition coefficient (Wildman–Crippen LogP) is 3.11. The fraction of sp³-hybridized carbons (Fsp3) is 0.167. The Hall–Kier alpha value is -3.44. The van der Waals surface area contributed by atoms with E-state index in [0.29, 0.717) is 6.54 Å². The zero-order valence-electron chi connectivity index (χ0n) is 15.6. The molecule has 0 radical (unpaired) electrons. The lowest BCUT2D eigenvalue weighted by atomic mass is 9.58. The highest BCUT2D eigenvalue weighted by atomic mass is 16.2. The van der Waals surface area contributed by atoms with Gasteiger partial charge in [-0.25, -0.2) is 0 Å². The molecule has 3 aromatic rings. The number of para-hydroxylation sites is 2. The number of rotatable bonds is 1. The van der Waals surface area contributed by atoms with Gasteiger partial charge in [0.1, 0.15) is 11.0 Å². The van der Waals surface area contributed by atoms with Gasteiger partial charge in [-0.3, -0.25) is 14.9 Å². The third kappa shape index (κ3) is 1.79. The summed E-state index contributed by atoms with van der Waals surface area (Å²) in [5.74, 6) is -0.502. The first-order valence-electron chi connectivity index (χ1n) is 9.81. The molecule has 1 fully saturated rings. The molecule has 5 heteroatoms. The van der Waals surface area contributed by atoms with Gasteiger partial charge in [-0.15, -0.1) is 0 Å². The summed E-state index contributed by atoms with van der Waals surface area (Å²) in [6.45, 7) is 0.521. The average molecular weight is 381 g/mol. The van der Waals surface area contributed by atoms with E-state index in [2.05, 4.69) is 16.0 Å². The highest BCUT2D eigenvalue weighted by molar-refractivity contribution is 6.18. The van der Waals surface area contributed by atoms with Crippen LogP contribution in [-0.4, -0.2) is 18.4 Å². The van der Waals surface area contributed by atoms with Crippen molar-refractivity contribution >= 4 is 23.2 Å². The van der Waals surface area contributed by atoms with Crippen molar-refractivity contribution < 1.29 is 9.59 Å². The average Bonchev–Trinajstić information content (AvgIpc) is 3.36. The lowest BCUT2D eigenvalue weighted by Crippen LogP contribution is -2.60. The van der Waals surface area contributed by atoms with Crippen LogP contribution in [-0.2, 0) is 20.5 Å². The second-order valence-electron chi connectivity index (χ2n) is 7.90. The van der Waals surface area contributed by atoms with E-state index < -0.39 is 11.0 Å². The van der Waals surface area contributed by atoms with Gasteiger partial charge in [-0.2, -0.15) is 0 Å². The molecule has 29 heavy (non-hydrogen) atoms. The monoisotopic (exact) mass is 381 g/mol. The minimum Gasteiger partial charge on any atom is -0.325 e. The number of hydrogen-bond donors (Lipinski definition) is 3. The summed E-state index contributed by atoms with van der Waals surface area (Å²) in [4.78, 5) is 27.4. The molecule has 0 unspecified atom stereocenters. The first kappa shape index (κ1) is 16.5. The van der Waals surface area contributed by atoms with Gasteiger partial charge < -0.3 is 10.6 Å². The van der Waals surface area contributed by atoms with Crippen LogP contribution in [0.4, 0.5) is 11.4 Å². The molecule has 0 aromatic heterocycles. The molecule has 1 saturated heterocycles. The van der Waals surface area contributed by atoms with E-state index in [1.807, 2.05) is 78.9 Å². The van der Waals surface area contributed by atoms with E-state index in [4.69, 9.17) is 0 Å². The van der Waals surface area contributed by atoms with Gasteiger partial charge in [0.25, 0.3) is 5.91 Å². The number of nitrogens with one attached hydrogen (secondary N) is 3. The molecule has 0 aliphatic carbocycles. The van der Waals surface area contributed by atoms with Gasteiger partial charge in [-0.1, -0.05) is 66.7 Å². The number of anilines is 2. The zero-order chi connectivity index (χ0) is 19.6. The van der Waals surface area contributed by atoms with Gasteiger partial charge in [0.2, 0.25) is 5.91 Å². The van der Waals surface area contributed by atoms with Crippen LogP contribution in [0.1, 0.15) is 22.6 Å². The normalized spacial score (nSPS) is 29.0. The fourth-order valence-corrected chi connectivity index (χ4v) is 5.68. The van der Waals surface area contributed by atoms with E-state index in [1.54, 1.807) is 0 Å². The smallest absolute Gasteiger partial charge is 0.250 e. The summed E-state index contributed by atoms with van der Waals surface area (Å²) in [6.07, 6.45) is 0. The molecule has 3 heterocycles. The van der Waals surface area contributed by atoms with E-state index in [-0.39, 0.29) is 17.7 Å². The maximum Gasteiger partial charge on any atom is 0.250 e. The Morgan fingerprint density at radius 2 is 1.28 bits per heavy atom. The summed E-state index contributed by atoms with van der Waals surface area (Å²) >= 11 is 0.